The van der Waals surface area contributed by atoms with Gasteiger partial charge in [-0.15, -0.1) is 0 Å². The van der Waals surface area contributed by atoms with Crippen LogP contribution in [0.15, 0.2) is 84.9 Å². The quantitative estimate of drug-likeness (QED) is 0.133. The summed E-state index contributed by atoms with van der Waals surface area (Å²) in [6, 6.07) is 17.8. The number of aliphatic hydroxyl groups is 1. The first-order valence-electron chi connectivity index (χ1n) is 13.7. The van der Waals surface area contributed by atoms with Crippen molar-refractivity contribution < 1.29 is 29.1 Å². The van der Waals surface area contributed by atoms with Gasteiger partial charge in [0.25, 0.3) is 11.6 Å². The van der Waals surface area contributed by atoms with Crippen molar-refractivity contribution in [3.05, 3.63) is 112 Å². The zero-order valence-corrected chi connectivity index (χ0v) is 23.4. The van der Waals surface area contributed by atoms with Crippen molar-refractivity contribution in [2.45, 2.75) is 38.8 Å². The van der Waals surface area contributed by atoms with Crippen LogP contribution in [0.5, 0.6) is 0 Å². The maximum Gasteiger partial charge on any atom is 0.287 e. The standard InChI is InChI=1S/C31H31N5O7/c1-20(38)35-17-26(25-4-2-3-5-27(25)35)23-14-28(43-30(15-23)42-19-22-8-6-21(18-37)7-9-22)31(39)33-13-12-32-29-11-10-24(16-34-29)36(40)41/h2-11,14,16-17,23,30,37H,12-13,15,18-19H2,1H3,(H,32,34)(H,33,39)/t23-,30+/m1/s1. The molecule has 0 saturated heterocycles. The molecule has 0 fully saturated rings. The van der Waals surface area contributed by atoms with Crippen molar-refractivity contribution in [3.63, 3.8) is 0 Å². The third-order valence-electron chi connectivity index (χ3n) is 7.08. The fourth-order valence-electron chi connectivity index (χ4n) is 4.88. The number of hydrogen-bond donors (Lipinski definition) is 3. The topological polar surface area (TPSA) is 158 Å². The van der Waals surface area contributed by atoms with E-state index in [0.717, 1.165) is 33.8 Å². The van der Waals surface area contributed by atoms with Gasteiger partial charge in [0.1, 0.15) is 12.0 Å². The summed E-state index contributed by atoms with van der Waals surface area (Å²) in [5.74, 6) is -0.283. The average Bonchev–Trinajstić information content (AvgIpc) is 3.42. The second kappa shape index (κ2) is 13.3. The number of para-hydroxylation sites is 1. The number of fused-ring (bicyclic) bond motifs is 1. The van der Waals surface area contributed by atoms with Crippen molar-refractivity contribution >= 4 is 34.2 Å². The molecule has 0 saturated carbocycles. The number of aliphatic hydroxyl groups excluding tert-OH is 1. The van der Waals surface area contributed by atoms with Gasteiger partial charge in [-0.25, -0.2) is 4.98 Å². The Kier molecular flexibility index (Phi) is 9.08. The number of pyridine rings is 1. The Morgan fingerprint density at radius 2 is 1.88 bits per heavy atom. The Balaban J connectivity index is 1.31. The summed E-state index contributed by atoms with van der Waals surface area (Å²) in [7, 11) is 0. The molecule has 1 aliphatic heterocycles. The molecule has 3 heterocycles. The number of rotatable bonds is 11. The Bertz CT molecular complexity index is 1650. The highest BCUT2D eigenvalue weighted by Crippen LogP contribution is 2.36. The predicted octanol–water partition coefficient (Wildman–Crippen LogP) is 4.26. The van der Waals surface area contributed by atoms with Crippen LogP contribution in [0, 0.1) is 10.1 Å². The number of anilines is 1. The number of allylic oxidation sites excluding steroid dienone is 1. The summed E-state index contributed by atoms with van der Waals surface area (Å²) in [4.78, 5) is 39.9. The molecular weight excluding hydrogens is 554 g/mol. The number of hydrogen-bond acceptors (Lipinski definition) is 9. The normalized spacial score (nSPS) is 16.3. The summed E-state index contributed by atoms with van der Waals surface area (Å²) in [6.07, 6.45) is 4.40. The van der Waals surface area contributed by atoms with Gasteiger partial charge in [-0.05, 0) is 34.9 Å². The van der Waals surface area contributed by atoms with Crippen LogP contribution in [0.3, 0.4) is 0 Å². The minimum atomic E-state index is -0.741. The number of amides is 1. The van der Waals surface area contributed by atoms with E-state index in [9.17, 15) is 24.8 Å². The highest BCUT2D eigenvalue weighted by Gasteiger charge is 2.31. The molecule has 2 atom stereocenters. The van der Waals surface area contributed by atoms with Crippen molar-refractivity contribution in [1.82, 2.24) is 14.9 Å². The van der Waals surface area contributed by atoms with Crippen molar-refractivity contribution in [2.75, 3.05) is 18.4 Å². The highest BCUT2D eigenvalue weighted by atomic mass is 16.7. The number of nitrogens with one attached hydrogen (secondary N) is 2. The minimum Gasteiger partial charge on any atom is -0.459 e. The second-order valence-electron chi connectivity index (χ2n) is 10.0. The number of nitrogens with zero attached hydrogens (tertiary/aromatic N) is 3. The van der Waals surface area contributed by atoms with Crippen LogP contribution in [0.2, 0.25) is 0 Å². The Morgan fingerprint density at radius 1 is 1.12 bits per heavy atom. The van der Waals surface area contributed by atoms with Gasteiger partial charge in [0.2, 0.25) is 12.2 Å². The molecule has 43 heavy (non-hydrogen) atoms. The fraction of sp³-hybridized carbons (Fsp3) is 0.258. The Hall–Kier alpha value is -5.07. The van der Waals surface area contributed by atoms with Gasteiger partial charge in [-0.2, -0.15) is 0 Å². The summed E-state index contributed by atoms with van der Waals surface area (Å²) in [6.45, 7) is 2.24. The van der Waals surface area contributed by atoms with Gasteiger partial charge in [-0.3, -0.25) is 24.3 Å². The van der Waals surface area contributed by atoms with Gasteiger partial charge in [-0.1, -0.05) is 42.5 Å². The minimum absolute atomic E-state index is 0.0500. The first kappa shape index (κ1) is 29.4. The van der Waals surface area contributed by atoms with E-state index in [2.05, 4.69) is 15.6 Å². The lowest BCUT2D eigenvalue weighted by molar-refractivity contribution is -0.385. The van der Waals surface area contributed by atoms with Crippen LogP contribution in [-0.4, -0.2) is 50.8 Å². The summed E-state index contributed by atoms with van der Waals surface area (Å²) < 4.78 is 13.7. The van der Waals surface area contributed by atoms with Gasteiger partial charge >= 0.3 is 0 Å². The molecule has 0 aliphatic carbocycles. The lowest BCUT2D eigenvalue weighted by Gasteiger charge is -2.29. The van der Waals surface area contributed by atoms with E-state index in [1.54, 1.807) is 16.8 Å². The van der Waals surface area contributed by atoms with Crippen LogP contribution in [0.4, 0.5) is 11.5 Å². The third-order valence-corrected chi connectivity index (χ3v) is 7.08. The van der Waals surface area contributed by atoms with E-state index in [0.29, 0.717) is 18.8 Å². The maximum absolute atomic E-state index is 13.2. The molecule has 1 aliphatic rings. The molecule has 2 aromatic heterocycles. The molecule has 222 valence electrons. The lowest BCUT2D eigenvalue weighted by Crippen LogP contribution is -2.35. The van der Waals surface area contributed by atoms with E-state index >= 15 is 0 Å². The summed E-state index contributed by atoms with van der Waals surface area (Å²) in [5, 5.41) is 26.9. The number of nitro groups is 1. The molecule has 0 spiro atoms. The van der Waals surface area contributed by atoms with Crippen molar-refractivity contribution in [3.8, 4) is 0 Å². The molecule has 0 unspecified atom stereocenters. The van der Waals surface area contributed by atoms with E-state index < -0.39 is 17.1 Å². The van der Waals surface area contributed by atoms with E-state index in [1.165, 1.54) is 19.1 Å². The first-order valence-corrected chi connectivity index (χ1v) is 13.7. The first-order chi connectivity index (χ1) is 20.8. The highest BCUT2D eigenvalue weighted by molar-refractivity contribution is 5.95. The maximum atomic E-state index is 13.2. The second-order valence-corrected chi connectivity index (χ2v) is 10.0. The monoisotopic (exact) mass is 585 g/mol. The summed E-state index contributed by atoms with van der Waals surface area (Å²) in [5.41, 5.74) is 3.23. The van der Waals surface area contributed by atoms with Crippen molar-refractivity contribution in [1.29, 1.82) is 0 Å². The molecule has 0 bridgehead atoms. The predicted molar refractivity (Wildman–Crippen MR) is 158 cm³/mol. The summed E-state index contributed by atoms with van der Waals surface area (Å²) >= 11 is 0. The number of aromatic nitrogens is 2. The van der Waals surface area contributed by atoms with Gasteiger partial charge in [0, 0.05) is 50.0 Å². The number of carbonyl (C=O) groups is 2. The van der Waals surface area contributed by atoms with E-state index in [4.69, 9.17) is 9.47 Å². The lowest BCUT2D eigenvalue weighted by atomic mass is 9.92. The third kappa shape index (κ3) is 7.05. The SMILES string of the molecule is CC(=O)n1cc([C@@H]2C=C(C(=O)NCCNc3ccc([N+](=O)[O-])cn3)O[C@H](OCc3ccc(CO)cc3)C2)c2ccccc21. The van der Waals surface area contributed by atoms with Crippen LogP contribution in [0.1, 0.15) is 40.7 Å². The molecule has 12 heteroatoms. The zero-order chi connectivity index (χ0) is 30.3. The van der Waals surface area contributed by atoms with Crippen LogP contribution >= 0.6 is 0 Å². The number of benzene rings is 2. The molecule has 1 amide bonds. The molecular formula is C31H31N5O7. The number of carbonyl (C=O) groups excluding carboxylic acids is 2. The molecule has 12 nitrogen and oxygen atoms in total. The van der Waals surface area contributed by atoms with Gasteiger partial charge < -0.3 is 25.2 Å². The molecule has 3 N–H and O–H groups in total. The Labute approximate surface area is 247 Å². The zero-order valence-electron chi connectivity index (χ0n) is 23.4. The smallest absolute Gasteiger partial charge is 0.287 e. The van der Waals surface area contributed by atoms with E-state index in [1.807, 2.05) is 48.5 Å². The van der Waals surface area contributed by atoms with Gasteiger partial charge in [0.15, 0.2) is 5.76 Å². The molecule has 5 rings (SSSR count). The molecule has 0 radical (unpaired) electrons. The van der Waals surface area contributed by atoms with Crippen LogP contribution < -0.4 is 10.6 Å². The largest absolute Gasteiger partial charge is 0.459 e. The number of ether oxygens (including phenoxy) is 2. The Morgan fingerprint density at radius 3 is 2.58 bits per heavy atom. The average molecular weight is 586 g/mol. The van der Waals surface area contributed by atoms with Crippen LogP contribution in [0.25, 0.3) is 10.9 Å². The van der Waals surface area contributed by atoms with Gasteiger partial charge in [0.05, 0.1) is 23.7 Å². The molecule has 2 aromatic carbocycles. The molecule has 4 aromatic rings. The van der Waals surface area contributed by atoms with Crippen molar-refractivity contribution in [2.24, 2.45) is 0 Å². The van der Waals surface area contributed by atoms with E-state index in [-0.39, 0.29) is 43.0 Å². The fourth-order valence-corrected chi connectivity index (χ4v) is 4.88. The van der Waals surface area contributed by atoms with Crippen LogP contribution in [-0.2, 0) is 27.5 Å².